The first-order chi connectivity index (χ1) is 11.2. The highest BCUT2D eigenvalue weighted by Crippen LogP contribution is 2.34. The lowest BCUT2D eigenvalue weighted by Crippen LogP contribution is -2.41. The Morgan fingerprint density at radius 2 is 2.00 bits per heavy atom. The van der Waals surface area contributed by atoms with Gasteiger partial charge in [-0.3, -0.25) is 4.79 Å². The van der Waals surface area contributed by atoms with Crippen molar-refractivity contribution >= 4 is 40.1 Å². The highest BCUT2D eigenvalue weighted by atomic mass is 35.5. The minimum atomic E-state index is -0.162. The smallest absolute Gasteiger partial charge is 0.287 e. The van der Waals surface area contributed by atoms with E-state index in [9.17, 15) is 4.79 Å². The molecule has 4 rings (SSSR count). The molecule has 3 aromatic rings. The lowest BCUT2D eigenvalue weighted by atomic mass is 10.1. The Morgan fingerprint density at radius 3 is 2.71 bits per heavy atom. The summed E-state index contributed by atoms with van der Waals surface area (Å²) < 4.78 is 5.97. The van der Waals surface area contributed by atoms with E-state index in [4.69, 9.17) is 10.2 Å². The number of aryl methyl sites for hydroxylation is 1. The van der Waals surface area contributed by atoms with Gasteiger partial charge in [0.1, 0.15) is 5.58 Å². The summed E-state index contributed by atoms with van der Waals surface area (Å²) in [7, 11) is 0. The Balaban J connectivity index is 0.00000169. The van der Waals surface area contributed by atoms with Crippen LogP contribution in [0.5, 0.6) is 0 Å². The average molecular weight is 345 g/mol. The molecule has 3 N–H and O–H groups in total. The summed E-state index contributed by atoms with van der Waals surface area (Å²) in [6.07, 6.45) is 2.29. The zero-order chi connectivity index (χ0) is 16.0. The fourth-order valence-corrected chi connectivity index (χ4v) is 3.27. The van der Waals surface area contributed by atoms with Crippen molar-refractivity contribution in [1.29, 1.82) is 0 Å². The molecule has 1 aromatic heterocycles. The molecule has 1 amide bonds. The number of rotatable bonds is 4. The molecule has 24 heavy (non-hydrogen) atoms. The summed E-state index contributed by atoms with van der Waals surface area (Å²) in [6.45, 7) is 2.41. The standard InChI is InChI=1S/C19H20N2O2.ClH/c1-11-14-9-8-12-4-2-3-5-15(12)18(14)23-17(11)19(22)21-16(10-20)13-6-7-13;/h2-5,8-9,13,16H,6-7,10,20H2,1H3,(H,21,22);1H. The minimum Gasteiger partial charge on any atom is -0.450 e. The fourth-order valence-electron chi connectivity index (χ4n) is 3.27. The predicted octanol–water partition coefficient (Wildman–Crippen LogP) is 3.78. The van der Waals surface area contributed by atoms with E-state index in [1.165, 1.54) is 0 Å². The molecule has 1 saturated carbocycles. The van der Waals surface area contributed by atoms with Crippen LogP contribution in [-0.2, 0) is 0 Å². The van der Waals surface area contributed by atoms with Gasteiger partial charge in [0, 0.05) is 28.9 Å². The third-order valence-corrected chi connectivity index (χ3v) is 4.80. The number of amides is 1. The molecular weight excluding hydrogens is 324 g/mol. The molecule has 0 aliphatic heterocycles. The third kappa shape index (κ3) is 2.76. The second-order valence-electron chi connectivity index (χ2n) is 6.37. The van der Waals surface area contributed by atoms with Crippen molar-refractivity contribution in [2.75, 3.05) is 6.54 Å². The van der Waals surface area contributed by atoms with Crippen LogP contribution in [0.1, 0.15) is 29.0 Å². The van der Waals surface area contributed by atoms with Crippen LogP contribution < -0.4 is 11.1 Å². The predicted molar refractivity (Wildman–Crippen MR) is 98.7 cm³/mol. The molecule has 126 valence electrons. The van der Waals surface area contributed by atoms with Gasteiger partial charge in [-0.05, 0) is 31.1 Å². The van der Waals surface area contributed by atoms with Gasteiger partial charge in [0.15, 0.2) is 5.76 Å². The molecule has 1 heterocycles. The fraction of sp³-hybridized carbons (Fsp3) is 0.316. The van der Waals surface area contributed by atoms with Crippen LogP contribution in [0, 0.1) is 12.8 Å². The monoisotopic (exact) mass is 344 g/mol. The zero-order valence-electron chi connectivity index (χ0n) is 13.5. The third-order valence-electron chi connectivity index (χ3n) is 4.80. The molecule has 0 bridgehead atoms. The summed E-state index contributed by atoms with van der Waals surface area (Å²) >= 11 is 0. The molecule has 1 unspecified atom stereocenters. The maximum absolute atomic E-state index is 12.6. The maximum atomic E-state index is 12.6. The summed E-state index contributed by atoms with van der Waals surface area (Å²) in [5.41, 5.74) is 7.45. The van der Waals surface area contributed by atoms with Crippen molar-refractivity contribution in [3.05, 3.63) is 47.7 Å². The Hall–Kier alpha value is -2.04. The van der Waals surface area contributed by atoms with Gasteiger partial charge in [-0.1, -0.05) is 36.4 Å². The summed E-state index contributed by atoms with van der Waals surface area (Å²) in [4.78, 5) is 12.6. The van der Waals surface area contributed by atoms with E-state index < -0.39 is 0 Å². The summed E-state index contributed by atoms with van der Waals surface area (Å²) in [6, 6.07) is 12.2. The van der Waals surface area contributed by atoms with Crippen molar-refractivity contribution < 1.29 is 9.21 Å². The zero-order valence-corrected chi connectivity index (χ0v) is 14.4. The van der Waals surface area contributed by atoms with Crippen LogP contribution in [0.3, 0.4) is 0 Å². The quantitative estimate of drug-likeness (QED) is 0.756. The number of nitrogens with two attached hydrogens (primary N) is 1. The Morgan fingerprint density at radius 1 is 1.25 bits per heavy atom. The van der Waals surface area contributed by atoms with Crippen molar-refractivity contribution in [1.82, 2.24) is 5.32 Å². The largest absolute Gasteiger partial charge is 0.450 e. The van der Waals surface area contributed by atoms with Crippen LogP contribution in [0.2, 0.25) is 0 Å². The molecule has 0 spiro atoms. The van der Waals surface area contributed by atoms with E-state index in [0.29, 0.717) is 18.2 Å². The molecule has 0 radical (unpaired) electrons. The van der Waals surface area contributed by atoms with Gasteiger partial charge in [0.05, 0.1) is 0 Å². The molecular formula is C19H21ClN2O2. The van der Waals surface area contributed by atoms with E-state index in [1.807, 2.05) is 37.3 Å². The number of carbonyl (C=O) groups excluding carboxylic acids is 1. The first kappa shape index (κ1) is 16.8. The SMILES string of the molecule is Cc1c(C(=O)NC(CN)C2CC2)oc2c1ccc1ccccc12.Cl. The Bertz CT molecular complexity index is 899. The van der Waals surface area contributed by atoms with Gasteiger partial charge in [-0.25, -0.2) is 0 Å². The lowest BCUT2D eigenvalue weighted by Gasteiger charge is -2.15. The molecule has 2 aromatic carbocycles. The summed E-state index contributed by atoms with van der Waals surface area (Å²) in [5.74, 6) is 0.759. The number of nitrogens with one attached hydrogen (secondary N) is 1. The number of fused-ring (bicyclic) bond motifs is 3. The van der Waals surface area contributed by atoms with Crippen LogP contribution in [0.25, 0.3) is 21.7 Å². The Kier molecular flexibility index (Phi) is 4.52. The van der Waals surface area contributed by atoms with E-state index >= 15 is 0 Å². The Labute approximate surface area is 146 Å². The lowest BCUT2D eigenvalue weighted by molar-refractivity contribution is 0.0907. The normalized spacial score (nSPS) is 15.2. The van der Waals surface area contributed by atoms with E-state index in [1.54, 1.807) is 0 Å². The number of halogens is 1. The van der Waals surface area contributed by atoms with Crippen LogP contribution in [0.4, 0.5) is 0 Å². The van der Waals surface area contributed by atoms with Crippen molar-refractivity contribution in [3.8, 4) is 0 Å². The number of hydrogen-bond acceptors (Lipinski definition) is 3. The number of benzene rings is 2. The first-order valence-corrected chi connectivity index (χ1v) is 8.11. The van der Waals surface area contributed by atoms with E-state index in [-0.39, 0.29) is 24.4 Å². The highest BCUT2D eigenvalue weighted by molar-refractivity contribution is 6.08. The number of carbonyl (C=O) groups is 1. The van der Waals surface area contributed by atoms with E-state index in [2.05, 4.69) is 11.4 Å². The molecule has 4 nitrogen and oxygen atoms in total. The molecule has 0 saturated heterocycles. The van der Waals surface area contributed by atoms with Gasteiger partial charge >= 0.3 is 0 Å². The van der Waals surface area contributed by atoms with Gasteiger partial charge in [0.25, 0.3) is 5.91 Å². The summed E-state index contributed by atoms with van der Waals surface area (Å²) in [5, 5.41) is 6.17. The van der Waals surface area contributed by atoms with Gasteiger partial charge in [-0.15, -0.1) is 12.4 Å². The van der Waals surface area contributed by atoms with Crippen molar-refractivity contribution in [2.45, 2.75) is 25.8 Å². The molecule has 1 aliphatic rings. The van der Waals surface area contributed by atoms with Crippen molar-refractivity contribution in [2.24, 2.45) is 11.7 Å². The topological polar surface area (TPSA) is 68.3 Å². The minimum absolute atomic E-state index is 0. The maximum Gasteiger partial charge on any atom is 0.287 e. The van der Waals surface area contributed by atoms with Crippen LogP contribution >= 0.6 is 12.4 Å². The average Bonchev–Trinajstić information content (AvgIpc) is 3.36. The van der Waals surface area contributed by atoms with Gasteiger partial charge in [-0.2, -0.15) is 0 Å². The second-order valence-corrected chi connectivity index (χ2v) is 6.37. The van der Waals surface area contributed by atoms with Gasteiger partial charge in [0.2, 0.25) is 0 Å². The molecule has 5 heteroatoms. The molecule has 1 atom stereocenters. The first-order valence-electron chi connectivity index (χ1n) is 8.11. The van der Waals surface area contributed by atoms with Crippen LogP contribution in [-0.4, -0.2) is 18.5 Å². The second kappa shape index (κ2) is 6.46. The van der Waals surface area contributed by atoms with Gasteiger partial charge < -0.3 is 15.5 Å². The number of hydrogen-bond donors (Lipinski definition) is 2. The van der Waals surface area contributed by atoms with Crippen molar-refractivity contribution in [3.63, 3.8) is 0 Å². The molecule has 1 aliphatic carbocycles. The highest BCUT2D eigenvalue weighted by Gasteiger charge is 2.32. The molecule has 1 fully saturated rings. The number of furan rings is 1. The van der Waals surface area contributed by atoms with Crippen LogP contribution in [0.15, 0.2) is 40.8 Å². The van der Waals surface area contributed by atoms with E-state index in [0.717, 1.165) is 40.1 Å².